The third kappa shape index (κ3) is 3.64. The van der Waals surface area contributed by atoms with Crippen LogP contribution in [0, 0.1) is 11.8 Å². The lowest BCUT2D eigenvalue weighted by molar-refractivity contribution is 0.258. The summed E-state index contributed by atoms with van der Waals surface area (Å²) in [6, 6.07) is 7.63. The van der Waals surface area contributed by atoms with Gasteiger partial charge in [-0.15, -0.1) is 0 Å². The highest BCUT2D eigenvalue weighted by Crippen LogP contribution is 2.22. The fraction of sp³-hybridized carbons (Fsp3) is 0.600. The minimum Gasteiger partial charge on any atom is -0.493 e. The SMILES string of the molecule is CC1CN(CCCOc2cccc(N)c2)CC1C. The van der Waals surface area contributed by atoms with Crippen molar-refractivity contribution >= 4 is 5.69 Å². The van der Waals surface area contributed by atoms with E-state index in [1.807, 2.05) is 24.3 Å². The molecule has 2 unspecified atom stereocenters. The number of hydrogen-bond acceptors (Lipinski definition) is 3. The molecule has 0 bridgehead atoms. The summed E-state index contributed by atoms with van der Waals surface area (Å²) < 4.78 is 5.69. The molecule has 0 radical (unpaired) electrons. The molecule has 1 fully saturated rings. The number of rotatable bonds is 5. The van der Waals surface area contributed by atoms with Crippen LogP contribution in [-0.2, 0) is 0 Å². The molecule has 3 heteroatoms. The van der Waals surface area contributed by atoms with Crippen molar-refractivity contribution in [1.29, 1.82) is 0 Å². The summed E-state index contributed by atoms with van der Waals surface area (Å²) in [7, 11) is 0. The van der Waals surface area contributed by atoms with E-state index in [2.05, 4.69) is 18.7 Å². The summed E-state index contributed by atoms with van der Waals surface area (Å²) in [6.45, 7) is 9.06. The third-order valence-corrected chi connectivity index (χ3v) is 3.81. The highest BCUT2D eigenvalue weighted by molar-refractivity contribution is 5.43. The van der Waals surface area contributed by atoms with Gasteiger partial charge in [-0.3, -0.25) is 0 Å². The van der Waals surface area contributed by atoms with Gasteiger partial charge in [0.15, 0.2) is 0 Å². The smallest absolute Gasteiger partial charge is 0.121 e. The quantitative estimate of drug-likeness (QED) is 0.643. The Hall–Kier alpha value is -1.22. The number of nitrogens with two attached hydrogens (primary N) is 1. The normalized spacial score (nSPS) is 24.3. The summed E-state index contributed by atoms with van der Waals surface area (Å²) in [5, 5.41) is 0. The molecule has 0 amide bonds. The lowest BCUT2D eigenvalue weighted by Gasteiger charge is -2.15. The summed E-state index contributed by atoms with van der Waals surface area (Å²) in [6.07, 6.45) is 1.08. The number of likely N-dealkylation sites (tertiary alicyclic amines) is 1. The molecule has 0 aromatic heterocycles. The van der Waals surface area contributed by atoms with Crippen LogP contribution in [0.4, 0.5) is 5.69 Å². The lowest BCUT2D eigenvalue weighted by atomic mass is 10.0. The average Bonchev–Trinajstić information content (AvgIpc) is 2.65. The number of ether oxygens (including phenoxy) is 1. The van der Waals surface area contributed by atoms with E-state index in [1.54, 1.807) is 0 Å². The Morgan fingerprint density at radius 3 is 2.67 bits per heavy atom. The topological polar surface area (TPSA) is 38.5 Å². The van der Waals surface area contributed by atoms with Crippen molar-refractivity contribution in [1.82, 2.24) is 4.90 Å². The van der Waals surface area contributed by atoms with E-state index in [4.69, 9.17) is 10.5 Å². The number of nitrogen functional groups attached to an aromatic ring is 1. The maximum Gasteiger partial charge on any atom is 0.121 e. The van der Waals surface area contributed by atoms with Crippen LogP contribution in [0.15, 0.2) is 24.3 Å². The standard InChI is InChI=1S/C15H24N2O/c1-12-10-17(11-13(12)2)7-4-8-18-15-6-3-5-14(16)9-15/h3,5-6,9,12-13H,4,7-8,10-11,16H2,1-2H3. The second kappa shape index (κ2) is 6.10. The Bertz CT molecular complexity index is 371. The third-order valence-electron chi connectivity index (χ3n) is 3.81. The van der Waals surface area contributed by atoms with Crippen LogP contribution in [-0.4, -0.2) is 31.1 Å². The Balaban J connectivity index is 1.65. The minimum absolute atomic E-state index is 0.759. The van der Waals surface area contributed by atoms with E-state index in [0.29, 0.717) is 0 Å². The average molecular weight is 248 g/mol. The zero-order chi connectivity index (χ0) is 13.0. The van der Waals surface area contributed by atoms with Gasteiger partial charge in [0.25, 0.3) is 0 Å². The molecular formula is C15H24N2O. The molecule has 2 N–H and O–H groups in total. The monoisotopic (exact) mass is 248 g/mol. The number of hydrogen-bond donors (Lipinski definition) is 1. The molecular weight excluding hydrogens is 224 g/mol. The van der Waals surface area contributed by atoms with Crippen molar-refractivity contribution in [2.24, 2.45) is 11.8 Å². The van der Waals surface area contributed by atoms with Gasteiger partial charge in [0, 0.05) is 31.4 Å². The maximum absolute atomic E-state index is 5.70. The number of anilines is 1. The number of benzene rings is 1. The first-order valence-electron chi connectivity index (χ1n) is 6.86. The molecule has 1 aliphatic heterocycles. The zero-order valence-electron chi connectivity index (χ0n) is 11.4. The molecule has 1 aromatic carbocycles. The lowest BCUT2D eigenvalue weighted by Crippen LogP contribution is -2.23. The Morgan fingerprint density at radius 2 is 2.00 bits per heavy atom. The molecule has 2 atom stereocenters. The molecule has 1 saturated heterocycles. The van der Waals surface area contributed by atoms with Gasteiger partial charge in [-0.1, -0.05) is 19.9 Å². The van der Waals surface area contributed by atoms with Gasteiger partial charge < -0.3 is 15.4 Å². The first-order valence-corrected chi connectivity index (χ1v) is 6.86. The van der Waals surface area contributed by atoms with Crippen molar-refractivity contribution in [3.8, 4) is 5.75 Å². The number of nitrogens with zero attached hydrogens (tertiary/aromatic N) is 1. The predicted octanol–water partition coefficient (Wildman–Crippen LogP) is 2.63. The van der Waals surface area contributed by atoms with Crippen LogP contribution in [0.25, 0.3) is 0 Å². The molecule has 0 spiro atoms. The van der Waals surface area contributed by atoms with Crippen LogP contribution in [0.1, 0.15) is 20.3 Å². The predicted molar refractivity (Wildman–Crippen MR) is 75.7 cm³/mol. The largest absolute Gasteiger partial charge is 0.493 e. The molecule has 18 heavy (non-hydrogen) atoms. The van der Waals surface area contributed by atoms with Gasteiger partial charge in [-0.05, 0) is 30.4 Å². The molecule has 1 aromatic rings. The Kier molecular flexibility index (Phi) is 4.48. The van der Waals surface area contributed by atoms with Crippen molar-refractivity contribution in [2.45, 2.75) is 20.3 Å². The Labute approximate surface area is 110 Å². The van der Waals surface area contributed by atoms with Gasteiger partial charge >= 0.3 is 0 Å². The highest BCUT2D eigenvalue weighted by atomic mass is 16.5. The van der Waals surface area contributed by atoms with Crippen molar-refractivity contribution in [3.63, 3.8) is 0 Å². The molecule has 1 aliphatic rings. The minimum atomic E-state index is 0.759. The first kappa shape index (κ1) is 13.2. The van der Waals surface area contributed by atoms with Crippen LogP contribution in [0.3, 0.4) is 0 Å². The summed E-state index contributed by atoms with van der Waals surface area (Å²) >= 11 is 0. The van der Waals surface area contributed by atoms with E-state index in [9.17, 15) is 0 Å². The van der Waals surface area contributed by atoms with Crippen molar-refractivity contribution in [3.05, 3.63) is 24.3 Å². The van der Waals surface area contributed by atoms with Crippen molar-refractivity contribution in [2.75, 3.05) is 32.0 Å². The first-order chi connectivity index (χ1) is 8.65. The summed E-state index contributed by atoms with van der Waals surface area (Å²) in [5.74, 6) is 2.54. The molecule has 2 rings (SSSR count). The van der Waals surface area contributed by atoms with Gasteiger partial charge in [0.2, 0.25) is 0 Å². The second-order valence-corrected chi connectivity index (χ2v) is 5.49. The van der Waals surface area contributed by atoms with Crippen molar-refractivity contribution < 1.29 is 4.74 Å². The summed E-state index contributed by atoms with van der Waals surface area (Å²) in [4.78, 5) is 2.54. The van der Waals surface area contributed by atoms with Crippen LogP contribution >= 0.6 is 0 Å². The van der Waals surface area contributed by atoms with Gasteiger partial charge in [0.05, 0.1) is 6.61 Å². The van der Waals surface area contributed by atoms with Crippen LogP contribution < -0.4 is 10.5 Å². The van der Waals surface area contributed by atoms with Gasteiger partial charge in [-0.2, -0.15) is 0 Å². The molecule has 3 nitrogen and oxygen atoms in total. The second-order valence-electron chi connectivity index (χ2n) is 5.49. The summed E-state index contributed by atoms with van der Waals surface area (Å²) in [5.41, 5.74) is 6.46. The van der Waals surface area contributed by atoms with E-state index in [1.165, 1.54) is 13.1 Å². The molecule has 0 saturated carbocycles. The Morgan fingerprint density at radius 1 is 1.28 bits per heavy atom. The maximum atomic E-state index is 5.70. The van der Waals surface area contributed by atoms with E-state index >= 15 is 0 Å². The fourth-order valence-electron chi connectivity index (χ4n) is 2.51. The molecule has 100 valence electrons. The van der Waals surface area contributed by atoms with Crippen LogP contribution in [0.5, 0.6) is 5.75 Å². The molecule has 0 aliphatic carbocycles. The highest BCUT2D eigenvalue weighted by Gasteiger charge is 2.25. The van der Waals surface area contributed by atoms with Gasteiger partial charge in [-0.25, -0.2) is 0 Å². The van der Waals surface area contributed by atoms with E-state index < -0.39 is 0 Å². The zero-order valence-corrected chi connectivity index (χ0v) is 11.4. The fourth-order valence-corrected chi connectivity index (χ4v) is 2.51. The molecule has 1 heterocycles. The van der Waals surface area contributed by atoms with E-state index in [0.717, 1.165) is 42.8 Å². The van der Waals surface area contributed by atoms with E-state index in [-0.39, 0.29) is 0 Å². The van der Waals surface area contributed by atoms with Gasteiger partial charge in [0.1, 0.15) is 5.75 Å². The van der Waals surface area contributed by atoms with Crippen LogP contribution in [0.2, 0.25) is 0 Å².